The molecular weight excluding hydrogens is 282 g/mol. The molecule has 0 aliphatic rings. The quantitative estimate of drug-likeness (QED) is 0.942. The van der Waals surface area contributed by atoms with Crippen molar-refractivity contribution in [2.45, 2.75) is 6.92 Å². The molecule has 0 saturated carbocycles. The normalized spacial score (nSPS) is 10.1. The molecular formula is C12H12BrN3O. The molecule has 88 valence electrons. The van der Waals surface area contributed by atoms with E-state index in [0.717, 1.165) is 16.0 Å². The van der Waals surface area contributed by atoms with E-state index >= 15 is 0 Å². The van der Waals surface area contributed by atoms with E-state index in [0.29, 0.717) is 11.7 Å². The van der Waals surface area contributed by atoms with Gasteiger partial charge >= 0.3 is 0 Å². The predicted molar refractivity (Wildman–Crippen MR) is 70.5 cm³/mol. The molecule has 0 unspecified atom stereocenters. The standard InChI is InChI=1S/C12H12BrN3O/c1-8-15-11(14-2)7-12(16-8)17-10-5-3-4-9(13)6-10/h3-7H,1-2H3,(H,14,15,16). The van der Waals surface area contributed by atoms with Crippen LogP contribution in [0.4, 0.5) is 5.82 Å². The summed E-state index contributed by atoms with van der Waals surface area (Å²) in [7, 11) is 1.81. The lowest BCUT2D eigenvalue weighted by atomic mass is 10.3. The Kier molecular flexibility index (Phi) is 3.58. The summed E-state index contributed by atoms with van der Waals surface area (Å²) in [6.07, 6.45) is 0. The number of ether oxygens (including phenoxy) is 1. The summed E-state index contributed by atoms with van der Waals surface area (Å²) in [5, 5.41) is 2.96. The Hall–Kier alpha value is -1.62. The van der Waals surface area contributed by atoms with Crippen LogP contribution in [-0.2, 0) is 0 Å². The van der Waals surface area contributed by atoms with E-state index in [-0.39, 0.29) is 0 Å². The second kappa shape index (κ2) is 5.14. The molecule has 1 N–H and O–H groups in total. The average molecular weight is 294 g/mol. The maximum Gasteiger partial charge on any atom is 0.224 e. The Balaban J connectivity index is 2.26. The lowest BCUT2D eigenvalue weighted by Crippen LogP contribution is -1.98. The van der Waals surface area contributed by atoms with Crippen molar-refractivity contribution in [3.8, 4) is 11.6 Å². The second-order valence-corrected chi connectivity index (χ2v) is 4.36. The molecule has 0 aliphatic heterocycles. The second-order valence-electron chi connectivity index (χ2n) is 3.45. The maximum atomic E-state index is 5.66. The van der Waals surface area contributed by atoms with Gasteiger partial charge in [-0.2, -0.15) is 4.98 Å². The van der Waals surface area contributed by atoms with Crippen LogP contribution in [0.15, 0.2) is 34.8 Å². The zero-order valence-corrected chi connectivity index (χ0v) is 11.2. The van der Waals surface area contributed by atoms with Crippen molar-refractivity contribution in [2.24, 2.45) is 0 Å². The van der Waals surface area contributed by atoms with Crippen LogP contribution in [0.5, 0.6) is 11.6 Å². The highest BCUT2D eigenvalue weighted by Crippen LogP contribution is 2.24. The van der Waals surface area contributed by atoms with Gasteiger partial charge in [-0.1, -0.05) is 22.0 Å². The first kappa shape index (κ1) is 11.9. The van der Waals surface area contributed by atoms with E-state index in [1.807, 2.05) is 38.2 Å². The third-order valence-corrected chi connectivity index (χ3v) is 2.58. The minimum atomic E-state index is 0.528. The third kappa shape index (κ3) is 3.17. The van der Waals surface area contributed by atoms with Crippen LogP contribution < -0.4 is 10.1 Å². The molecule has 0 bridgehead atoms. The van der Waals surface area contributed by atoms with Gasteiger partial charge < -0.3 is 10.1 Å². The first-order chi connectivity index (χ1) is 8.17. The highest BCUT2D eigenvalue weighted by molar-refractivity contribution is 9.10. The molecule has 0 fully saturated rings. The summed E-state index contributed by atoms with van der Waals surface area (Å²) < 4.78 is 6.63. The Morgan fingerprint density at radius 2 is 2.06 bits per heavy atom. The first-order valence-electron chi connectivity index (χ1n) is 5.14. The zero-order chi connectivity index (χ0) is 12.3. The molecule has 0 radical (unpaired) electrons. The van der Waals surface area contributed by atoms with Gasteiger partial charge in [-0.05, 0) is 25.1 Å². The summed E-state index contributed by atoms with van der Waals surface area (Å²) in [6.45, 7) is 1.83. The maximum absolute atomic E-state index is 5.66. The van der Waals surface area contributed by atoms with Crippen LogP contribution in [0.1, 0.15) is 5.82 Å². The fraction of sp³-hybridized carbons (Fsp3) is 0.167. The Morgan fingerprint density at radius 3 is 2.76 bits per heavy atom. The highest BCUT2D eigenvalue weighted by atomic mass is 79.9. The molecule has 4 nitrogen and oxygen atoms in total. The molecule has 0 spiro atoms. The Morgan fingerprint density at radius 1 is 1.24 bits per heavy atom. The number of aryl methyl sites for hydroxylation is 1. The number of halogens is 1. The molecule has 1 aromatic heterocycles. The number of anilines is 1. The molecule has 2 aromatic rings. The fourth-order valence-corrected chi connectivity index (χ4v) is 1.75. The van der Waals surface area contributed by atoms with Crippen LogP contribution in [0.25, 0.3) is 0 Å². The summed E-state index contributed by atoms with van der Waals surface area (Å²) in [5.74, 6) is 2.67. The lowest BCUT2D eigenvalue weighted by Gasteiger charge is -2.07. The number of aromatic nitrogens is 2. The fourth-order valence-electron chi connectivity index (χ4n) is 1.37. The summed E-state index contributed by atoms with van der Waals surface area (Å²) in [5.41, 5.74) is 0. The molecule has 17 heavy (non-hydrogen) atoms. The van der Waals surface area contributed by atoms with Crippen molar-refractivity contribution in [3.05, 3.63) is 40.6 Å². The van der Waals surface area contributed by atoms with Gasteiger partial charge in [0.25, 0.3) is 0 Å². The molecule has 5 heteroatoms. The Labute approximate surface area is 108 Å². The van der Waals surface area contributed by atoms with Gasteiger partial charge in [0.2, 0.25) is 5.88 Å². The molecule has 0 saturated heterocycles. The van der Waals surface area contributed by atoms with Gasteiger partial charge in [0.05, 0.1) is 0 Å². The van der Waals surface area contributed by atoms with Gasteiger partial charge in [-0.15, -0.1) is 0 Å². The number of benzene rings is 1. The van der Waals surface area contributed by atoms with Crippen molar-refractivity contribution in [1.82, 2.24) is 9.97 Å². The van der Waals surface area contributed by atoms with Gasteiger partial charge in [-0.3, -0.25) is 0 Å². The summed E-state index contributed by atoms with van der Waals surface area (Å²) in [6, 6.07) is 9.37. The van der Waals surface area contributed by atoms with Crippen LogP contribution in [0.3, 0.4) is 0 Å². The van der Waals surface area contributed by atoms with E-state index in [2.05, 4.69) is 31.2 Å². The summed E-state index contributed by atoms with van der Waals surface area (Å²) >= 11 is 3.39. The minimum Gasteiger partial charge on any atom is -0.439 e. The first-order valence-corrected chi connectivity index (χ1v) is 5.93. The van der Waals surface area contributed by atoms with Gasteiger partial charge in [0.15, 0.2) is 0 Å². The van der Waals surface area contributed by atoms with E-state index in [1.54, 1.807) is 6.07 Å². The van der Waals surface area contributed by atoms with Crippen LogP contribution in [0, 0.1) is 6.92 Å². The van der Waals surface area contributed by atoms with Crippen LogP contribution in [0.2, 0.25) is 0 Å². The van der Waals surface area contributed by atoms with Crippen molar-refractivity contribution in [2.75, 3.05) is 12.4 Å². The number of nitrogens with zero attached hydrogens (tertiary/aromatic N) is 2. The third-order valence-electron chi connectivity index (χ3n) is 2.09. The van der Waals surface area contributed by atoms with Gasteiger partial charge in [0, 0.05) is 17.6 Å². The zero-order valence-electron chi connectivity index (χ0n) is 9.57. The van der Waals surface area contributed by atoms with E-state index in [4.69, 9.17) is 4.74 Å². The van der Waals surface area contributed by atoms with Crippen molar-refractivity contribution < 1.29 is 4.74 Å². The lowest BCUT2D eigenvalue weighted by molar-refractivity contribution is 0.460. The van der Waals surface area contributed by atoms with Crippen molar-refractivity contribution in [1.29, 1.82) is 0 Å². The highest BCUT2D eigenvalue weighted by Gasteiger charge is 2.03. The Bertz CT molecular complexity index is 531. The number of hydrogen-bond donors (Lipinski definition) is 1. The number of rotatable bonds is 3. The van der Waals surface area contributed by atoms with Gasteiger partial charge in [-0.25, -0.2) is 4.98 Å². The predicted octanol–water partition coefficient (Wildman–Crippen LogP) is 3.38. The molecule has 0 amide bonds. The molecule has 1 aromatic carbocycles. The van der Waals surface area contributed by atoms with Crippen molar-refractivity contribution >= 4 is 21.7 Å². The van der Waals surface area contributed by atoms with Crippen LogP contribution >= 0.6 is 15.9 Å². The van der Waals surface area contributed by atoms with E-state index in [9.17, 15) is 0 Å². The number of nitrogens with one attached hydrogen (secondary N) is 1. The van der Waals surface area contributed by atoms with E-state index in [1.165, 1.54) is 0 Å². The largest absolute Gasteiger partial charge is 0.439 e. The molecule has 0 aliphatic carbocycles. The topological polar surface area (TPSA) is 47.0 Å². The van der Waals surface area contributed by atoms with Crippen molar-refractivity contribution in [3.63, 3.8) is 0 Å². The SMILES string of the molecule is CNc1cc(Oc2cccc(Br)c2)nc(C)n1. The minimum absolute atomic E-state index is 0.528. The van der Waals surface area contributed by atoms with Crippen LogP contribution in [-0.4, -0.2) is 17.0 Å². The molecule has 0 atom stereocenters. The summed E-state index contributed by atoms with van der Waals surface area (Å²) in [4.78, 5) is 8.42. The molecule has 1 heterocycles. The van der Waals surface area contributed by atoms with Gasteiger partial charge in [0.1, 0.15) is 17.4 Å². The smallest absolute Gasteiger partial charge is 0.224 e. The monoisotopic (exact) mass is 293 g/mol. The molecule has 2 rings (SSSR count). The van der Waals surface area contributed by atoms with E-state index < -0.39 is 0 Å². The number of hydrogen-bond acceptors (Lipinski definition) is 4. The average Bonchev–Trinajstić information content (AvgIpc) is 2.28.